The van der Waals surface area contributed by atoms with Gasteiger partial charge in [-0.2, -0.15) is 0 Å². The van der Waals surface area contributed by atoms with Crippen molar-refractivity contribution in [3.63, 3.8) is 0 Å². The van der Waals surface area contributed by atoms with Crippen LogP contribution in [0.1, 0.15) is 47.5 Å². The van der Waals surface area contributed by atoms with Gasteiger partial charge in [-0.05, 0) is 53.0 Å². The van der Waals surface area contributed by atoms with Gasteiger partial charge in [0, 0.05) is 31.7 Å². The number of hydrogen-bond donors (Lipinski definition) is 3. The monoisotopic (exact) mass is 453 g/mol. The van der Waals surface area contributed by atoms with E-state index < -0.39 is 0 Å². The van der Waals surface area contributed by atoms with Crippen molar-refractivity contribution in [2.75, 3.05) is 39.3 Å². The van der Waals surface area contributed by atoms with Crippen LogP contribution >= 0.6 is 24.0 Å². The first-order chi connectivity index (χ1) is 10.8. The highest BCUT2D eigenvalue weighted by Crippen LogP contribution is 2.14. The number of aliphatic imine (C=N–C) groups is 1. The molecule has 0 aromatic carbocycles. The molecule has 0 saturated carbocycles. The Morgan fingerprint density at radius 1 is 1.29 bits per heavy atom. The zero-order chi connectivity index (χ0) is 17.3. The molecule has 1 saturated heterocycles. The Kier molecular flexibility index (Phi) is 11.6. The van der Waals surface area contributed by atoms with E-state index in [0.29, 0.717) is 5.96 Å². The maximum Gasteiger partial charge on any atom is 0.242 e. The second-order valence-corrected chi connectivity index (χ2v) is 7.47. The SMILES string of the molecule is CCNC(=NCC(=O)NC(C)(C)C)NCCN1CCCC(C)C1.I. The molecule has 1 heterocycles. The molecule has 1 aliphatic heterocycles. The van der Waals surface area contributed by atoms with Gasteiger partial charge in [0.1, 0.15) is 6.54 Å². The summed E-state index contributed by atoms with van der Waals surface area (Å²) in [6.07, 6.45) is 2.64. The van der Waals surface area contributed by atoms with Crippen LogP contribution in [0, 0.1) is 5.92 Å². The molecule has 0 spiro atoms. The van der Waals surface area contributed by atoms with E-state index in [2.05, 4.69) is 32.8 Å². The number of rotatable bonds is 6. The number of nitrogens with zero attached hydrogens (tertiary/aromatic N) is 2. The van der Waals surface area contributed by atoms with Gasteiger partial charge < -0.3 is 20.9 Å². The number of guanidine groups is 1. The summed E-state index contributed by atoms with van der Waals surface area (Å²) in [5, 5.41) is 9.43. The van der Waals surface area contributed by atoms with Crippen molar-refractivity contribution in [2.24, 2.45) is 10.9 Å². The highest BCUT2D eigenvalue weighted by atomic mass is 127. The maximum absolute atomic E-state index is 11.8. The third-order valence-corrected chi connectivity index (χ3v) is 3.70. The van der Waals surface area contributed by atoms with Crippen LogP contribution in [0.2, 0.25) is 0 Å². The number of carbonyl (C=O) groups excluding carboxylic acids is 1. The quantitative estimate of drug-likeness (QED) is 0.326. The Hall–Kier alpha value is -0.570. The summed E-state index contributed by atoms with van der Waals surface area (Å²) in [5.41, 5.74) is -0.219. The molecule has 1 aliphatic rings. The van der Waals surface area contributed by atoms with E-state index in [9.17, 15) is 4.79 Å². The van der Waals surface area contributed by atoms with Crippen molar-refractivity contribution < 1.29 is 4.79 Å². The van der Waals surface area contributed by atoms with E-state index in [4.69, 9.17) is 0 Å². The lowest BCUT2D eigenvalue weighted by atomic mass is 10.0. The van der Waals surface area contributed by atoms with Crippen molar-refractivity contribution in [1.82, 2.24) is 20.9 Å². The molecule has 1 unspecified atom stereocenters. The van der Waals surface area contributed by atoms with Gasteiger partial charge in [0.05, 0.1) is 0 Å². The van der Waals surface area contributed by atoms with Crippen LogP contribution in [0.5, 0.6) is 0 Å². The standard InChI is InChI=1S/C17H35N5O.HI/c1-6-18-16(20-12-15(23)21-17(3,4)5)19-9-11-22-10-7-8-14(2)13-22;/h14H,6-13H2,1-5H3,(H,21,23)(H2,18,19,20);1H. The Morgan fingerprint density at radius 2 is 2.00 bits per heavy atom. The topological polar surface area (TPSA) is 68.8 Å². The van der Waals surface area contributed by atoms with Crippen LogP contribution < -0.4 is 16.0 Å². The van der Waals surface area contributed by atoms with Gasteiger partial charge >= 0.3 is 0 Å². The maximum atomic E-state index is 11.8. The van der Waals surface area contributed by atoms with Crippen LogP contribution in [-0.4, -0.2) is 61.6 Å². The highest BCUT2D eigenvalue weighted by molar-refractivity contribution is 14.0. The average Bonchev–Trinajstić information content (AvgIpc) is 2.43. The normalized spacial score (nSPS) is 19.4. The minimum absolute atomic E-state index is 0. The molecule has 1 atom stereocenters. The molecular formula is C17H36IN5O. The van der Waals surface area contributed by atoms with Crippen molar-refractivity contribution in [2.45, 2.75) is 53.0 Å². The first-order valence-corrected chi connectivity index (χ1v) is 8.85. The van der Waals surface area contributed by atoms with Gasteiger partial charge in [-0.15, -0.1) is 24.0 Å². The fourth-order valence-corrected chi connectivity index (χ4v) is 2.77. The fraction of sp³-hybridized carbons (Fsp3) is 0.882. The van der Waals surface area contributed by atoms with Crippen molar-refractivity contribution in [3.8, 4) is 0 Å². The number of carbonyl (C=O) groups is 1. The first kappa shape index (κ1) is 23.4. The molecule has 24 heavy (non-hydrogen) atoms. The Morgan fingerprint density at radius 3 is 2.58 bits per heavy atom. The lowest BCUT2D eigenvalue weighted by molar-refractivity contribution is -0.121. The molecule has 0 radical (unpaired) electrons. The molecule has 0 aromatic rings. The van der Waals surface area contributed by atoms with Crippen LogP contribution in [0.4, 0.5) is 0 Å². The smallest absolute Gasteiger partial charge is 0.242 e. The largest absolute Gasteiger partial charge is 0.357 e. The predicted octanol–water partition coefficient (Wildman–Crippen LogP) is 1.81. The molecule has 1 fully saturated rings. The molecular weight excluding hydrogens is 417 g/mol. The molecule has 0 aromatic heterocycles. The van der Waals surface area contributed by atoms with Crippen LogP contribution in [-0.2, 0) is 4.79 Å². The minimum Gasteiger partial charge on any atom is -0.357 e. The van der Waals surface area contributed by atoms with Crippen molar-refractivity contribution in [1.29, 1.82) is 0 Å². The van der Waals surface area contributed by atoms with E-state index in [1.54, 1.807) is 0 Å². The van der Waals surface area contributed by atoms with Gasteiger partial charge in [-0.3, -0.25) is 4.79 Å². The molecule has 1 rings (SSSR count). The number of amides is 1. The zero-order valence-electron chi connectivity index (χ0n) is 15.9. The summed E-state index contributed by atoms with van der Waals surface area (Å²) >= 11 is 0. The summed E-state index contributed by atoms with van der Waals surface area (Å²) in [6.45, 7) is 15.4. The first-order valence-electron chi connectivity index (χ1n) is 8.85. The van der Waals surface area contributed by atoms with Gasteiger partial charge in [-0.25, -0.2) is 4.99 Å². The highest BCUT2D eigenvalue weighted by Gasteiger charge is 2.16. The zero-order valence-corrected chi connectivity index (χ0v) is 18.3. The molecule has 1 amide bonds. The van der Waals surface area contributed by atoms with Crippen LogP contribution in [0.3, 0.4) is 0 Å². The van der Waals surface area contributed by atoms with Crippen LogP contribution in [0.25, 0.3) is 0 Å². The lowest BCUT2D eigenvalue weighted by Gasteiger charge is -2.30. The number of hydrogen-bond acceptors (Lipinski definition) is 3. The molecule has 0 bridgehead atoms. The second-order valence-electron chi connectivity index (χ2n) is 7.47. The second kappa shape index (κ2) is 11.9. The van der Waals surface area contributed by atoms with E-state index in [1.807, 2.05) is 27.7 Å². The van der Waals surface area contributed by atoms with Gasteiger partial charge in [0.15, 0.2) is 5.96 Å². The van der Waals surface area contributed by atoms with Crippen molar-refractivity contribution >= 4 is 35.8 Å². The lowest BCUT2D eigenvalue weighted by Crippen LogP contribution is -2.45. The number of halogens is 1. The Balaban J connectivity index is 0.00000529. The van der Waals surface area contributed by atoms with Crippen molar-refractivity contribution in [3.05, 3.63) is 0 Å². The number of likely N-dealkylation sites (tertiary alicyclic amines) is 1. The molecule has 3 N–H and O–H groups in total. The van der Waals surface area contributed by atoms with Gasteiger partial charge in [0.2, 0.25) is 5.91 Å². The van der Waals surface area contributed by atoms with E-state index >= 15 is 0 Å². The van der Waals surface area contributed by atoms with Gasteiger partial charge in [0.25, 0.3) is 0 Å². The summed E-state index contributed by atoms with van der Waals surface area (Å²) in [7, 11) is 0. The third-order valence-electron chi connectivity index (χ3n) is 3.70. The van der Waals surface area contributed by atoms with E-state index in [-0.39, 0.29) is 42.0 Å². The van der Waals surface area contributed by atoms with E-state index in [0.717, 1.165) is 25.6 Å². The van der Waals surface area contributed by atoms with E-state index in [1.165, 1.54) is 25.9 Å². The van der Waals surface area contributed by atoms with Crippen LogP contribution in [0.15, 0.2) is 4.99 Å². The molecule has 142 valence electrons. The molecule has 6 nitrogen and oxygen atoms in total. The minimum atomic E-state index is -0.219. The third kappa shape index (κ3) is 11.1. The van der Waals surface area contributed by atoms with Gasteiger partial charge in [-0.1, -0.05) is 6.92 Å². The number of piperidine rings is 1. The summed E-state index contributed by atoms with van der Waals surface area (Å²) in [4.78, 5) is 18.7. The average molecular weight is 453 g/mol. The molecule has 7 heteroatoms. The summed E-state index contributed by atoms with van der Waals surface area (Å²) in [5.74, 6) is 1.45. The summed E-state index contributed by atoms with van der Waals surface area (Å²) in [6, 6.07) is 0. The fourth-order valence-electron chi connectivity index (χ4n) is 2.77. The number of nitrogens with one attached hydrogen (secondary N) is 3. The Labute approximate surface area is 164 Å². The predicted molar refractivity (Wildman–Crippen MR) is 112 cm³/mol. The molecule has 0 aliphatic carbocycles. The summed E-state index contributed by atoms with van der Waals surface area (Å²) < 4.78 is 0. The Bertz CT molecular complexity index is 395.